The van der Waals surface area contributed by atoms with Crippen LogP contribution in [0, 0.1) is 5.82 Å². The summed E-state index contributed by atoms with van der Waals surface area (Å²) in [7, 11) is 1.33. The molecule has 0 atom stereocenters. The highest BCUT2D eigenvalue weighted by molar-refractivity contribution is 6.22. The number of nitrogens with zero attached hydrogens (tertiary/aromatic N) is 1. The van der Waals surface area contributed by atoms with Gasteiger partial charge in [0.25, 0.3) is 11.8 Å². The zero-order valence-electron chi connectivity index (χ0n) is 12.7. The topological polar surface area (TPSA) is 75.7 Å². The molecule has 122 valence electrons. The van der Waals surface area contributed by atoms with Gasteiger partial charge in [0.05, 0.1) is 18.2 Å². The van der Waals surface area contributed by atoms with Crippen molar-refractivity contribution in [2.45, 2.75) is 0 Å². The van der Waals surface area contributed by atoms with Gasteiger partial charge in [-0.05, 0) is 24.3 Å². The third-order valence-corrected chi connectivity index (χ3v) is 3.62. The Morgan fingerprint density at radius 2 is 1.75 bits per heavy atom. The van der Waals surface area contributed by atoms with Gasteiger partial charge in [-0.15, -0.1) is 0 Å². The predicted molar refractivity (Wildman–Crippen MR) is 83.4 cm³/mol. The van der Waals surface area contributed by atoms with Crippen molar-refractivity contribution in [3.8, 4) is 5.75 Å². The second-order valence-corrected chi connectivity index (χ2v) is 5.14. The first-order valence-electron chi connectivity index (χ1n) is 7.10. The number of hydrogen-bond acceptors (Lipinski definition) is 4. The summed E-state index contributed by atoms with van der Waals surface area (Å²) >= 11 is 0. The summed E-state index contributed by atoms with van der Waals surface area (Å²) in [5.74, 6) is -2.23. The number of rotatable bonds is 4. The van der Waals surface area contributed by atoms with Gasteiger partial charge in [-0.2, -0.15) is 0 Å². The molecular formula is C17H13FN2O4. The molecule has 0 aliphatic carbocycles. The highest BCUT2D eigenvalue weighted by Gasteiger charge is 2.36. The van der Waals surface area contributed by atoms with Crippen molar-refractivity contribution in [2.75, 3.05) is 19.0 Å². The summed E-state index contributed by atoms with van der Waals surface area (Å²) in [6.45, 7) is -0.444. The minimum absolute atomic E-state index is 0.0494. The summed E-state index contributed by atoms with van der Waals surface area (Å²) in [4.78, 5) is 37.3. The van der Waals surface area contributed by atoms with Crippen LogP contribution in [0.1, 0.15) is 20.7 Å². The van der Waals surface area contributed by atoms with Gasteiger partial charge in [0.2, 0.25) is 5.91 Å². The van der Waals surface area contributed by atoms with Gasteiger partial charge in [-0.25, -0.2) is 4.39 Å². The second kappa shape index (κ2) is 6.11. The van der Waals surface area contributed by atoms with Gasteiger partial charge in [-0.3, -0.25) is 19.3 Å². The highest BCUT2D eigenvalue weighted by atomic mass is 19.1. The third-order valence-electron chi connectivity index (χ3n) is 3.62. The van der Waals surface area contributed by atoms with Crippen molar-refractivity contribution in [2.24, 2.45) is 0 Å². The molecule has 0 aromatic heterocycles. The summed E-state index contributed by atoms with van der Waals surface area (Å²) in [5.41, 5.74) is 0.742. The van der Waals surface area contributed by atoms with Crippen molar-refractivity contribution in [3.05, 3.63) is 59.4 Å². The number of nitrogens with one attached hydrogen (secondary N) is 1. The first-order chi connectivity index (χ1) is 11.5. The van der Waals surface area contributed by atoms with Gasteiger partial charge in [0.1, 0.15) is 6.54 Å². The molecule has 0 spiro atoms. The van der Waals surface area contributed by atoms with Crippen molar-refractivity contribution >= 4 is 23.4 Å². The zero-order valence-corrected chi connectivity index (χ0v) is 12.7. The summed E-state index contributed by atoms with van der Waals surface area (Å²) in [5, 5.41) is 2.45. The Bertz CT molecular complexity index is 815. The van der Waals surface area contributed by atoms with Crippen molar-refractivity contribution in [3.63, 3.8) is 0 Å². The predicted octanol–water partition coefficient (Wildman–Crippen LogP) is 2.07. The lowest BCUT2D eigenvalue weighted by Gasteiger charge is -2.14. The van der Waals surface area contributed by atoms with Crippen molar-refractivity contribution in [1.82, 2.24) is 4.90 Å². The molecule has 24 heavy (non-hydrogen) atoms. The SMILES string of the molecule is COc1ccc(NC(=O)CN2C(=O)c3ccccc3C2=O)cc1F. The molecule has 1 aliphatic heterocycles. The zero-order chi connectivity index (χ0) is 17.3. The van der Waals surface area contributed by atoms with Gasteiger partial charge < -0.3 is 10.1 Å². The number of fused-ring (bicyclic) bond motifs is 1. The monoisotopic (exact) mass is 328 g/mol. The molecular weight excluding hydrogens is 315 g/mol. The maximum absolute atomic E-state index is 13.6. The van der Waals surface area contributed by atoms with E-state index in [2.05, 4.69) is 5.32 Å². The average molecular weight is 328 g/mol. The number of carbonyl (C=O) groups is 3. The lowest BCUT2D eigenvalue weighted by atomic mass is 10.1. The Hall–Kier alpha value is -3.22. The quantitative estimate of drug-likeness (QED) is 0.872. The van der Waals surface area contributed by atoms with Crippen LogP contribution in [0.2, 0.25) is 0 Å². The number of anilines is 1. The molecule has 0 radical (unpaired) electrons. The van der Waals surface area contributed by atoms with E-state index < -0.39 is 30.1 Å². The number of carbonyl (C=O) groups excluding carboxylic acids is 3. The fraction of sp³-hybridized carbons (Fsp3) is 0.118. The minimum Gasteiger partial charge on any atom is -0.494 e. The number of methoxy groups -OCH3 is 1. The smallest absolute Gasteiger partial charge is 0.262 e. The van der Waals surface area contributed by atoms with Gasteiger partial charge >= 0.3 is 0 Å². The Balaban J connectivity index is 1.71. The number of amides is 3. The Morgan fingerprint density at radius 1 is 1.12 bits per heavy atom. The first-order valence-corrected chi connectivity index (χ1v) is 7.10. The Morgan fingerprint density at radius 3 is 2.29 bits per heavy atom. The highest BCUT2D eigenvalue weighted by Crippen LogP contribution is 2.23. The normalized spacial score (nSPS) is 13.0. The minimum atomic E-state index is -0.629. The molecule has 0 fully saturated rings. The maximum Gasteiger partial charge on any atom is 0.262 e. The maximum atomic E-state index is 13.6. The van der Waals surface area contributed by atoms with Crippen LogP contribution in [-0.4, -0.2) is 36.3 Å². The van der Waals surface area contributed by atoms with E-state index in [0.717, 1.165) is 11.0 Å². The van der Waals surface area contributed by atoms with Gasteiger partial charge in [0.15, 0.2) is 11.6 Å². The van der Waals surface area contributed by atoms with E-state index in [-0.39, 0.29) is 22.6 Å². The molecule has 1 N–H and O–H groups in total. The molecule has 3 rings (SSSR count). The number of benzene rings is 2. The van der Waals surface area contributed by atoms with Crippen LogP contribution in [0.3, 0.4) is 0 Å². The first kappa shape index (κ1) is 15.7. The third kappa shape index (κ3) is 2.71. The number of imide groups is 1. The van der Waals surface area contributed by atoms with Gasteiger partial charge in [-0.1, -0.05) is 12.1 Å². The number of ether oxygens (including phenoxy) is 1. The molecule has 2 aromatic rings. The van der Waals surface area contributed by atoms with Crippen LogP contribution in [-0.2, 0) is 4.79 Å². The van der Waals surface area contributed by atoms with E-state index in [0.29, 0.717) is 0 Å². The molecule has 0 saturated carbocycles. The summed E-state index contributed by atoms with van der Waals surface area (Å²) < 4.78 is 18.4. The Kier molecular flexibility index (Phi) is 3.99. The number of halogens is 1. The average Bonchev–Trinajstić information content (AvgIpc) is 2.80. The molecule has 0 saturated heterocycles. The fourth-order valence-electron chi connectivity index (χ4n) is 2.47. The standard InChI is InChI=1S/C17H13FN2O4/c1-24-14-7-6-10(8-13(14)18)19-15(21)9-20-16(22)11-4-2-3-5-12(11)17(20)23/h2-8H,9H2,1H3,(H,19,21). The van der Waals surface area contributed by atoms with Crippen LogP contribution in [0.4, 0.5) is 10.1 Å². The van der Waals surface area contributed by atoms with Crippen molar-refractivity contribution in [1.29, 1.82) is 0 Å². The van der Waals surface area contributed by atoms with E-state index in [1.165, 1.54) is 31.4 Å². The second-order valence-electron chi connectivity index (χ2n) is 5.14. The molecule has 6 nitrogen and oxygen atoms in total. The van der Waals surface area contributed by atoms with E-state index in [9.17, 15) is 18.8 Å². The van der Waals surface area contributed by atoms with Gasteiger partial charge in [0, 0.05) is 11.8 Å². The molecule has 3 amide bonds. The fourth-order valence-corrected chi connectivity index (χ4v) is 2.47. The Labute approximate surface area is 136 Å². The summed E-state index contributed by atoms with van der Waals surface area (Å²) in [6.07, 6.45) is 0. The van der Waals surface area contributed by atoms with E-state index in [1.54, 1.807) is 12.1 Å². The largest absolute Gasteiger partial charge is 0.494 e. The molecule has 7 heteroatoms. The van der Waals surface area contributed by atoms with Crippen LogP contribution in [0.5, 0.6) is 5.75 Å². The molecule has 2 aromatic carbocycles. The van der Waals surface area contributed by atoms with Crippen LogP contribution in [0.15, 0.2) is 42.5 Å². The van der Waals surface area contributed by atoms with Crippen LogP contribution >= 0.6 is 0 Å². The number of hydrogen-bond donors (Lipinski definition) is 1. The van der Waals surface area contributed by atoms with Crippen LogP contribution in [0.25, 0.3) is 0 Å². The molecule has 0 unspecified atom stereocenters. The lowest BCUT2D eigenvalue weighted by Crippen LogP contribution is -2.37. The lowest BCUT2D eigenvalue weighted by molar-refractivity contribution is -0.116. The van der Waals surface area contributed by atoms with Crippen LogP contribution < -0.4 is 10.1 Å². The van der Waals surface area contributed by atoms with E-state index in [4.69, 9.17) is 4.74 Å². The summed E-state index contributed by atoms with van der Waals surface area (Å²) in [6, 6.07) is 10.3. The molecule has 1 aliphatic rings. The molecule has 1 heterocycles. The van der Waals surface area contributed by atoms with E-state index >= 15 is 0 Å². The van der Waals surface area contributed by atoms with E-state index in [1.807, 2.05) is 0 Å². The molecule has 0 bridgehead atoms. The van der Waals surface area contributed by atoms with Crippen molar-refractivity contribution < 1.29 is 23.5 Å².